The fourth-order valence-electron chi connectivity index (χ4n) is 2.56. The molecular formula is C13H25N3O2. The number of amides is 2. The normalized spacial score (nSPS) is 18.7. The Morgan fingerprint density at radius 3 is 2.22 bits per heavy atom. The number of primary amides is 1. The predicted molar refractivity (Wildman–Crippen MR) is 70.6 cm³/mol. The van der Waals surface area contributed by atoms with Gasteiger partial charge < -0.3 is 16.4 Å². The van der Waals surface area contributed by atoms with Gasteiger partial charge in [-0.3, -0.25) is 9.59 Å². The minimum Gasteiger partial charge on any atom is -0.368 e. The Hall–Kier alpha value is -1.10. The summed E-state index contributed by atoms with van der Waals surface area (Å²) in [5, 5.41) is 0. The van der Waals surface area contributed by atoms with Gasteiger partial charge in [0.15, 0.2) is 0 Å². The SMILES string of the molecule is CC(C)CN(CC(N)=O)C(=O)C1(N)CCCCC1. The van der Waals surface area contributed by atoms with Gasteiger partial charge in [-0.05, 0) is 18.8 Å². The summed E-state index contributed by atoms with van der Waals surface area (Å²) in [6.07, 6.45) is 4.51. The Morgan fingerprint density at radius 2 is 1.78 bits per heavy atom. The van der Waals surface area contributed by atoms with Crippen LogP contribution < -0.4 is 11.5 Å². The van der Waals surface area contributed by atoms with Crippen LogP contribution in [0, 0.1) is 5.92 Å². The summed E-state index contributed by atoms with van der Waals surface area (Å²) in [5.41, 5.74) is 10.6. The third-order valence-corrected chi connectivity index (χ3v) is 3.39. The Morgan fingerprint density at radius 1 is 1.22 bits per heavy atom. The number of nitrogens with zero attached hydrogens (tertiary/aromatic N) is 1. The zero-order chi connectivity index (χ0) is 13.8. The Bertz CT molecular complexity index is 309. The molecule has 0 aliphatic heterocycles. The molecule has 0 atom stereocenters. The van der Waals surface area contributed by atoms with E-state index in [1.807, 2.05) is 13.8 Å². The van der Waals surface area contributed by atoms with E-state index >= 15 is 0 Å². The average Bonchev–Trinajstić information content (AvgIpc) is 2.27. The van der Waals surface area contributed by atoms with Crippen LogP contribution in [-0.2, 0) is 9.59 Å². The molecule has 0 aromatic rings. The van der Waals surface area contributed by atoms with Crippen molar-refractivity contribution in [3.8, 4) is 0 Å². The molecule has 2 amide bonds. The third kappa shape index (κ3) is 3.98. The first-order chi connectivity index (χ1) is 8.35. The first kappa shape index (κ1) is 15.0. The van der Waals surface area contributed by atoms with E-state index in [1.165, 1.54) is 4.90 Å². The second kappa shape index (κ2) is 6.18. The summed E-state index contributed by atoms with van der Waals surface area (Å²) >= 11 is 0. The molecule has 0 aromatic heterocycles. The fraction of sp³-hybridized carbons (Fsp3) is 0.846. The van der Waals surface area contributed by atoms with E-state index in [0.29, 0.717) is 25.3 Å². The van der Waals surface area contributed by atoms with Crippen molar-refractivity contribution < 1.29 is 9.59 Å². The molecule has 104 valence electrons. The second-order valence-electron chi connectivity index (χ2n) is 5.76. The van der Waals surface area contributed by atoms with Crippen LogP contribution in [0.25, 0.3) is 0 Å². The molecule has 18 heavy (non-hydrogen) atoms. The summed E-state index contributed by atoms with van der Waals surface area (Å²) < 4.78 is 0. The molecule has 1 fully saturated rings. The van der Waals surface area contributed by atoms with Gasteiger partial charge in [0.25, 0.3) is 0 Å². The van der Waals surface area contributed by atoms with Gasteiger partial charge in [-0.1, -0.05) is 33.1 Å². The molecular weight excluding hydrogens is 230 g/mol. The van der Waals surface area contributed by atoms with Crippen molar-refractivity contribution in [3.05, 3.63) is 0 Å². The molecule has 0 bridgehead atoms. The van der Waals surface area contributed by atoms with Gasteiger partial charge in [0.2, 0.25) is 11.8 Å². The van der Waals surface area contributed by atoms with Crippen LogP contribution in [0.5, 0.6) is 0 Å². The predicted octanol–water partition coefficient (Wildman–Crippen LogP) is 0.618. The summed E-state index contributed by atoms with van der Waals surface area (Å²) in [4.78, 5) is 25.1. The third-order valence-electron chi connectivity index (χ3n) is 3.39. The minimum absolute atomic E-state index is 0.0318. The molecule has 0 radical (unpaired) electrons. The van der Waals surface area contributed by atoms with Crippen LogP contribution in [0.4, 0.5) is 0 Å². The number of carbonyl (C=O) groups is 2. The maximum absolute atomic E-state index is 12.5. The van der Waals surface area contributed by atoms with Gasteiger partial charge in [-0.25, -0.2) is 0 Å². The lowest BCUT2D eigenvalue weighted by molar-refractivity contribution is -0.141. The monoisotopic (exact) mass is 255 g/mol. The number of rotatable bonds is 5. The zero-order valence-corrected chi connectivity index (χ0v) is 11.4. The van der Waals surface area contributed by atoms with Crippen molar-refractivity contribution in [3.63, 3.8) is 0 Å². The smallest absolute Gasteiger partial charge is 0.243 e. The maximum Gasteiger partial charge on any atom is 0.243 e. The molecule has 0 saturated heterocycles. The van der Waals surface area contributed by atoms with E-state index in [2.05, 4.69) is 0 Å². The highest BCUT2D eigenvalue weighted by molar-refractivity contribution is 5.89. The number of hydrogen-bond donors (Lipinski definition) is 2. The highest BCUT2D eigenvalue weighted by atomic mass is 16.2. The first-order valence-corrected chi connectivity index (χ1v) is 6.72. The summed E-state index contributed by atoms with van der Waals surface area (Å²) in [7, 11) is 0. The Labute approximate surface area is 109 Å². The Kier molecular flexibility index (Phi) is 5.14. The molecule has 1 rings (SSSR count). The highest BCUT2D eigenvalue weighted by Gasteiger charge is 2.38. The van der Waals surface area contributed by atoms with Crippen LogP contribution in [-0.4, -0.2) is 35.3 Å². The van der Waals surface area contributed by atoms with E-state index in [-0.39, 0.29) is 12.5 Å². The van der Waals surface area contributed by atoms with Gasteiger partial charge in [0.1, 0.15) is 0 Å². The molecule has 0 heterocycles. The lowest BCUT2D eigenvalue weighted by Gasteiger charge is -2.37. The summed E-state index contributed by atoms with van der Waals surface area (Å²) in [6.45, 7) is 4.51. The van der Waals surface area contributed by atoms with Crippen LogP contribution in [0.2, 0.25) is 0 Å². The van der Waals surface area contributed by atoms with Crippen LogP contribution in [0.3, 0.4) is 0 Å². The maximum atomic E-state index is 12.5. The average molecular weight is 255 g/mol. The minimum atomic E-state index is -0.789. The van der Waals surface area contributed by atoms with Crippen molar-refractivity contribution in [2.45, 2.75) is 51.5 Å². The van der Waals surface area contributed by atoms with Crippen molar-refractivity contribution in [1.29, 1.82) is 0 Å². The molecule has 0 spiro atoms. The lowest BCUT2D eigenvalue weighted by atomic mass is 9.81. The standard InChI is InChI=1S/C13H25N3O2/c1-10(2)8-16(9-11(14)17)12(18)13(15)6-4-3-5-7-13/h10H,3-9,15H2,1-2H3,(H2,14,17). The second-order valence-corrected chi connectivity index (χ2v) is 5.76. The largest absolute Gasteiger partial charge is 0.368 e. The van der Waals surface area contributed by atoms with E-state index < -0.39 is 11.4 Å². The van der Waals surface area contributed by atoms with Crippen LogP contribution in [0.15, 0.2) is 0 Å². The van der Waals surface area contributed by atoms with E-state index in [1.54, 1.807) is 0 Å². The molecule has 1 aliphatic rings. The fourth-order valence-corrected chi connectivity index (χ4v) is 2.56. The van der Waals surface area contributed by atoms with Crippen molar-refractivity contribution in [2.24, 2.45) is 17.4 Å². The Balaban J connectivity index is 2.76. The molecule has 1 aliphatic carbocycles. The molecule has 0 unspecified atom stereocenters. The number of hydrogen-bond acceptors (Lipinski definition) is 3. The highest BCUT2D eigenvalue weighted by Crippen LogP contribution is 2.27. The zero-order valence-electron chi connectivity index (χ0n) is 11.4. The number of carbonyl (C=O) groups excluding carboxylic acids is 2. The van der Waals surface area contributed by atoms with Gasteiger partial charge in [-0.2, -0.15) is 0 Å². The quantitative estimate of drug-likeness (QED) is 0.754. The van der Waals surface area contributed by atoms with E-state index in [4.69, 9.17) is 11.5 Å². The lowest BCUT2D eigenvalue weighted by Crippen LogP contribution is -2.58. The molecule has 0 aromatic carbocycles. The van der Waals surface area contributed by atoms with Gasteiger partial charge in [0, 0.05) is 6.54 Å². The molecule has 5 nitrogen and oxygen atoms in total. The van der Waals surface area contributed by atoms with Crippen molar-refractivity contribution in [2.75, 3.05) is 13.1 Å². The van der Waals surface area contributed by atoms with E-state index in [0.717, 1.165) is 19.3 Å². The number of nitrogens with two attached hydrogens (primary N) is 2. The summed E-state index contributed by atoms with van der Waals surface area (Å²) in [5.74, 6) is -0.307. The summed E-state index contributed by atoms with van der Waals surface area (Å²) in [6, 6.07) is 0. The molecule has 1 saturated carbocycles. The van der Waals surface area contributed by atoms with Crippen LogP contribution in [0.1, 0.15) is 46.0 Å². The molecule has 5 heteroatoms. The van der Waals surface area contributed by atoms with Crippen molar-refractivity contribution in [1.82, 2.24) is 4.90 Å². The van der Waals surface area contributed by atoms with Gasteiger partial charge in [0.05, 0.1) is 12.1 Å². The molecule has 4 N–H and O–H groups in total. The van der Waals surface area contributed by atoms with E-state index in [9.17, 15) is 9.59 Å². The van der Waals surface area contributed by atoms with Crippen molar-refractivity contribution >= 4 is 11.8 Å². The topological polar surface area (TPSA) is 89.4 Å². The van der Waals surface area contributed by atoms with Gasteiger partial charge >= 0.3 is 0 Å². The van der Waals surface area contributed by atoms with Gasteiger partial charge in [-0.15, -0.1) is 0 Å². The van der Waals surface area contributed by atoms with Crippen LogP contribution >= 0.6 is 0 Å². The first-order valence-electron chi connectivity index (χ1n) is 6.72.